The number of aromatic nitrogens is 2. The molecule has 0 amide bonds. The van der Waals surface area contributed by atoms with E-state index in [9.17, 15) is 0 Å². The van der Waals surface area contributed by atoms with Crippen LogP contribution in [0.4, 0.5) is 11.8 Å². The Kier molecular flexibility index (Phi) is 3.78. The van der Waals surface area contributed by atoms with Crippen LogP contribution in [-0.4, -0.2) is 48.6 Å². The molecule has 1 aromatic heterocycles. The maximum atomic E-state index is 5.60. The van der Waals surface area contributed by atoms with Gasteiger partial charge in [-0.05, 0) is 38.9 Å². The fourth-order valence-corrected chi connectivity index (χ4v) is 2.40. The second kappa shape index (κ2) is 5.31. The standard InChI is InChI=1S/C12H21N5/c1-16(2)9-10-4-7-17(8-5-10)11-3-6-14-12(13)15-11/h3,6,10H,4-5,7-9H2,1-2H3,(H2,13,14,15). The zero-order valence-electron chi connectivity index (χ0n) is 10.6. The number of piperidine rings is 1. The van der Waals surface area contributed by atoms with Crippen molar-refractivity contribution in [1.29, 1.82) is 0 Å². The van der Waals surface area contributed by atoms with Gasteiger partial charge in [0.1, 0.15) is 5.82 Å². The molecule has 1 fully saturated rings. The Morgan fingerprint density at radius 3 is 2.71 bits per heavy atom. The Morgan fingerprint density at radius 1 is 1.41 bits per heavy atom. The second-order valence-electron chi connectivity index (χ2n) is 4.97. The van der Waals surface area contributed by atoms with E-state index >= 15 is 0 Å². The molecule has 0 saturated carbocycles. The van der Waals surface area contributed by atoms with Gasteiger partial charge in [0.25, 0.3) is 0 Å². The molecule has 0 atom stereocenters. The van der Waals surface area contributed by atoms with Gasteiger partial charge in [-0.15, -0.1) is 0 Å². The normalized spacial score (nSPS) is 17.7. The smallest absolute Gasteiger partial charge is 0.221 e. The minimum absolute atomic E-state index is 0.359. The van der Waals surface area contributed by atoms with Gasteiger partial charge in [-0.25, -0.2) is 4.98 Å². The van der Waals surface area contributed by atoms with E-state index in [0.717, 1.165) is 24.8 Å². The van der Waals surface area contributed by atoms with E-state index in [-0.39, 0.29) is 0 Å². The van der Waals surface area contributed by atoms with Gasteiger partial charge >= 0.3 is 0 Å². The molecule has 0 spiro atoms. The summed E-state index contributed by atoms with van der Waals surface area (Å²) < 4.78 is 0. The van der Waals surface area contributed by atoms with E-state index < -0.39 is 0 Å². The van der Waals surface area contributed by atoms with Crippen LogP contribution in [0.15, 0.2) is 12.3 Å². The predicted molar refractivity (Wildman–Crippen MR) is 69.9 cm³/mol. The van der Waals surface area contributed by atoms with Crippen LogP contribution in [0.25, 0.3) is 0 Å². The first-order valence-corrected chi connectivity index (χ1v) is 6.13. The lowest BCUT2D eigenvalue weighted by Crippen LogP contribution is -2.37. The number of nitrogens with two attached hydrogens (primary N) is 1. The first-order valence-electron chi connectivity index (χ1n) is 6.13. The molecule has 0 radical (unpaired) electrons. The molecule has 1 aliphatic heterocycles. The Balaban J connectivity index is 1.91. The largest absolute Gasteiger partial charge is 0.368 e. The number of rotatable bonds is 3. The van der Waals surface area contributed by atoms with Crippen LogP contribution in [0.2, 0.25) is 0 Å². The minimum atomic E-state index is 0.359. The Labute approximate surface area is 103 Å². The second-order valence-corrected chi connectivity index (χ2v) is 4.97. The average molecular weight is 235 g/mol. The lowest BCUT2D eigenvalue weighted by Gasteiger charge is -2.33. The summed E-state index contributed by atoms with van der Waals surface area (Å²) in [5.41, 5.74) is 5.60. The highest BCUT2D eigenvalue weighted by Gasteiger charge is 2.20. The van der Waals surface area contributed by atoms with E-state index in [1.54, 1.807) is 6.20 Å². The highest BCUT2D eigenvalue weighted by atomic mass is 15.2. The fourth-order valence-electron chi connectivity index (χ4n) is 2.40. The molecule has 17 heavy (non-hydrogen) atoms. The summed E-state index contributed by atoms with van der Waals surface area (Å²) in [5, 5.41) is 0. The molecule has 5 nitrogen and oxygen atoms in total. The zero-order valence-corrected chi connectivity index (χ0v) is 10.6. The van der Waals surface area contributed by atoms with E-state index in [4.69, 9.17) is 5.73 Å². The molecule has 0 bridgehead atoms. The third kappa shape index (κ3) is 3.30. The van der Waals surface area contributed by atoms with E-state index in [0.29, 0.717) is 5.95 Å². The highest BCUT2D eigenvalue weighted by molar-refractivity contribution is 5.41. The van der Waals surface area contributed by atoms with Crippen molar-refractivity contribution in [3.8, 4) is 0 Å². The van der Waals surface area contributed by atoms with Crippen LogP contribution in [0.1, 0.15) is 12.8 Å². The van der Waals surface area contributed by atoms with Gasteiger partial charge in [0.05, 0.1) is 0 Å². The van der Waals surface area contributed by atoms with Crippen molar-refractivity contribution in [3.63, 3.8) is 0 Å². The lowest BCUT2D eigenvalue weighted by atomic mass is 9.96. The number of hydrogen-bond acceptors (Lipinski definition) is 5. The third-order valence-corrected chi connectivity index (χ3v) is 3.22. The molecule has 0 aromatic carbocycles. The van der Waals surface area contributed by atoms with Gasteiger partial charge < -0.3 is 15.5 Å². The quantitative estimate of drug-likeness (QED) is 0.841. The van der Waals surface area contributed by atoms with Crippen molar-refractivity contribution in [2.45, 2.75) is 12.8 Å². The minimum Gasteiger partial charge on any atom is -0.368 e. The molecule has 94 valence electrons. The van der Waals surface area contributed by atoms with Crippen molar-refractivity contribution in [3.05, 3.63) is 12.3 Å². The van der Waals surface area contributed by atoms with Gasteiger partial charge in [0, 0.05) is 25.8 Å². The lowest BCUT2D eigenvalue weighted by molar-refractivity contribution is 0.284. The molecule has 0 aliphatic carbocycles. The summed E-state index contributed by atoms with van der Waals surface area (Å²) in [6, 6.07) is 1.93. The van der Waals surface area contributed by atoms with Gasteiger partial charge in [-0.1, -0.05) is 0 Å². The molecule has 2 rings (SSSR count). The van der Waals surface area contributed by atoms with Crippen LogP contribution in [0.5, 0.6) is 0 Å². The first kappa shape index (κ1) is 12.1. The molecular weight excluding hydrogens is 214 g/mol. The van der Waals surface area contributed by atoms with E-state index in [1.807, 2.05) is 6.07 Å². The predicted octanol–water partition coefficient (Wildman–Crippen LogP) is 0.837. The number of hydrogen-bond donors (Lipinski definition) is 1. The Bertz CT molecular complexity index is 358. The van der Waals surface area contributed by atoms with Crippen molar-refractivity contribution in [1.82, 2.24) is 14.9 Å². The number of anilines is 2. The molecular formula is C12H21N5. The summed E-state index contributed by atoms with van der Waals surface area (Å²) in [7, 11) is 4.27. The van der Waals surface area contributed by atoms with Crippen LogP contribution in [-0.2, 0) is 0 Å². The van der Waals surface area contributed by atoms with Crippen molar-refractivity contribution in [2.24, 2.45) is 5.92 Å². The van der Waals surface area contributed by atoms with E-state index in [2.05, 4.69) is 33.9 Å². The number of nitrogens with zero attached hydrogens (tertiary/aromatic N) is 4. The summed E-state index contributed by atoms with van der Waals surface area (Å²) in [5.74, 6) is 2.12. The van der Waals surface area contributed by atoms with Crippen molar-refractivity contribution < 1.29 is 0 Å². The van der Waals surface area contributed by atoms with Crippen LogP contribution in [0, 0.1) is 5.92 Å². The van der Waals surface area contributed by atoms with Gasteiger partial charge in [-0.2, -0.15) is 4.98 Å². The zero-order chi connectivity index (χ0) is 12.3. The average Bonchev–Trinajstić information content (AvgIpc) is 2.29. The topological polar surface area (TPSA) is 58.3 Å². The molecule has 2 heterocycles. The summed E-state index contributed by atoms with van der Waals surface area (Å²) >= 11 is 0. The maximum Gasteiger partial charge on any atom is 0.221 e. The van der Waals surface area contributed by atoms with E-state index in [1.165, 1.54) is 19.4 Å². The number of nitrogen functional groups attached to an aromatic ring is 1. The maximum absolute atomic E-state index is 5.60. The van der Waals surface area contributed by atoms with Gasteiger partial charge in [-0.3, -0.25) is 0 Å². The molecule has 0 unspecified atom stereocenters. The molecule has 2 N–H and O–H groups in total. The molecule has 5 heteroatoms. The molecule has 1 aliphatic rings. The summed E-state index contributed by atoms with van der Waals surface area (Å²) in [4.78, 5) is 12.8. The molecule has 1 saturated heterocycles. The highest BCUT2D eigenvalue weighted by Crippen LogP contribution is 2.22. The van der Waals surface area contributed by atoms with Crippen molar-refractivity contribution in [2.75, 3.05) is 44.4 Å². The van der Waals surface area contributed by atoms with Crippen molar-refractivity contribution >= 4 is 11.8 Å². The molecule has 1 aromatic rings. The van der Waals surface area contributed by atoms with Gasteiger partial charge in [0.15, 0.2) is 0 Å². The van der Waals surface area contributed by atoms with Crippen LogP contribution in [0.3, 0.4) is 0 Å². The third-order valence-electron chi connectivity index (χ3n) is 3.22. The fraction of sp³-hybridized carbons (Fsp3) is 0.667. The van der Waals surface area contributed by atoms with Crippen LogP contribution < -0.4 is 10.6 Å². The Hall–Kier alpha value is -1.36. The summed E-state index contributed by atoms with van der Waals surface area (Å²) in [6.07, 6.45) is 4.17. The van der Waals surface area contributed by atoms with Crippen LogP contribution >= 0.6 is 0 Å². The Morgan fingerprint density at radius 2 is 2.12 bits per heavy atom. The summed E-state index contributed by atoms with van der Waals surface area (Å²) in [6.45, 7) is 3.31. The SMILES string of the molecule is CN(C)CC1CCN(c2ccnc(N)n2)CC1. The monoisotopic (exact) mass is 235 g/mol. The first-order chi connectivity index (χ1) is 8.15. The van der Waals surface area contributed by atoms with Gasteiger partial charge in [0.2, 0.25) is 5.95 Å².